The number of hydrogen-bond donors (Lipinski definition) is 2. The molecule has 0 unspecified atom stereocenters. The van der Waals surface area contributed by atoms with Crippen LogP contribution in [-0.2, 0) is 13.0 Å². The molecule has 2 amide bonds. The van der Waals surface area contributed by atoms with Crippen molar-refractivity contribution in [2.45, 2.75) is 58.0 Å². The van der Waals surface area contributed by atoms with Crippen LogP contribution in [0.2, 0.25) is 0 Å². The van der Waals surface area contributed by atoms with E-state index in [1.54, 1.807) is 11.3 Å². The second-order valence-electron chi connectivity index (χ2n) is 7.84. The third-order valence-electron chi connectivity index (χ3n) is 5.85. The van der Waals surface area contributed by atoms with Gasteiger partial charge < -0.3 is 15.2 Å². The maximum atomic E-state index is 13.1. The van der Waals surface area contributed by atoms with Crippen molar-refractivity contribution in [3.8, 4) is 0 Å². The zero-order valence-corrected chi connectivity index (χ0v) is 17.4. The average molecular weight is 396 g/mol. The van der Waals surface area contributed by atoms with Gasteiger partial charge in [-0.15, -0.1) is 11.3 Å². The lowest BCUT2D eigenvalue weighted by Gasteiger charge is -2.28. The first-order valence-electron chi connectivity index (χ1n) is 10.3. The number of H-pyrrole nitrogens is 1. The van der Waals surface area contributed by atoms with Crippen molar-refractivity contribution < 1.29 is 4.79 Å². The zero-order valence-electron chi connectivity index (χ0n) is 16.5. The summed E-state index contributed by atoms with van der Waals surface area (Å²) in [4.78, 5) is 19.7. The first-order chi connectivity index (χ1) is 13.7. The van der Waals surface area contributed by atoms with Crippen molar-refractivity contribution in [3.63, 3.8) is 0 Å². The normalized spacial score (nSPS) is 15.0. The van der Waals surface area contributed by atoms with Crippen LogP contribution in [0.5, 0.6) is 0 Å². The summed E-state index contributed by atoms with van der Waals surface area (Å²) in [6, 6.07) is 10.9. The SMILES string of the molecule is Cc1ccsc1CN(CCc1c[nH]c2ccccc12)C(=O)NC1CCCCC1. The number of aromatic amines is 1. The van der Waals surface area contributed by atoms with Gasteiger partial charge in [0, 0.05) is 34.6 Å². The maximum absolute atomic E-state index is 13.1. The summed E-state index contributed by atoms with van der Waals surface area (Å²) >= 11 is 1.74. The lowest BCUT2D eigenvalue weighted by Crippen LogP contribution is -2.45. The quantitative estimate of drug-likeness (QED) is 0.559. The van der Waals surface area contributed by atoms with E-state index in [4.69, 9.17) is 0 Å². The summed E-state index contributed by atoms with van der Waals surface area (Å²) in [6.07, 6.45) is 8.91. The predicted octanol–water partition coefficient (Wildman–Crippen LogP) is 5.62. The molecule has 1 aliphatic rings. The lowest BCUT2D eigenvalue weighted by atomic mass is 9.96. The van der Waals surface area contributed by atoms with Gasteiger partial charge in [-0.3, -0.25) is 0 Å². The number of fused-ring (bicyclic) bond motifs is 1. The van der Waals surface area contributed by atoms with Crippen LogP contribution in [0.1, 0.15) is 48.1 Å². The molecule has 1 aromatic carbocycles. The molecule has 1 saturated carbocycles. The summed E-state index contributed by atoms with van der Waals surface area (Å²) in [5, 5.41) is 6.67. The lowest BCUT2D eigenvalue weighted by molar-refractivity contribution is 0.188. The highest BCUT2D eigenvalue weighted by molar-refractivity contribution is 7.10. The van der Waals surface area contributed by atoms with Crippen molar-refractivity contribution in [3.05, 3.63) is 57.9 Å². The van der Waals surface area contributed by atoms with E-state index >= 15 is 0 Å². The maximum Gasteiger partial charge on any atom is 0.317 e. The smallest absolute Gasteiger partial charge is 0.317 e. The predicted molar refractivity (Wildman–Crippen MR) is 117 cm³/mol. The van der Waals surface area contributed by atoms with Crippen LogP contribution in [0.15, 0.2) is 41.9 Å². The molecular weight excluding hydrogens is 366 g/mol. The molecule has 0 saturated heterocycles. The third-order valence-corrected chi connectivity index (χ3v) is 6.86. The van der Waals surface area contributed by atoms with E-state index in [9.17, 15) is 4.79 Å². The topological polar surface area (TPSA) is 48.1 Å². The van der Waals surface area contributed by atoms with Crippen LogP contribution in [0.25, 0.3) is 10.9 Å². The Labute approximate surface area is 170 Å². The summed E-state index contributed by atoms with van der Waals surface area (Å²) in [7, 11) is 0. The number of aryl methyl sites for hydroxylation is 1. The van der Waals surface area contributed by atoms with Gasteiger partial charge in [-0.2, -0.15) is 0 Å². The zero-order chi connectivity index (χ0) is 19.3. The Hall–Kier alpha value is -2.27. The summed E-state index contributed by atoms with van der Waals surface area (Å²) in [6.45, 7) is 3.53. The number of urea groups is 1. The second-order valence-corrected chi connectivity index (χ2v) is 8.84. The van der Waals surface area contributed by atoms with Crippen molar-refractivity contribution in [2.75, 3.05) is 6.54 Å². The fourth-order valence-electron chi connectivity index (χ4n) is 4.10. The molecule has 0 radical (unpaired) electrons. The van der Waals surface area contributed by atoms with Crippen LogP contribution in [-0.4, -0.2) is 28.5 Å². The highest BCUT2D eigenvalue weighted by Gasteiger charge is 2.21. The molecule has 1 aliphatic carbocycles. The highest BCUT2D eigenvalue weighted by Crippen LogP contribution is 2.22. The first kappa shape index (κ1) is 19.1. The Bertz CT molecular complexity index is 923. The van der Waals surface area contributed by atoms with Crippen LogP contribution in [0.3, 0.4) is 0 Å². The standard InChI is InChI=1S/C23H29N3OS/c1-17-12-14-28-22(17)16-26(23(27)25-19-7-3-2-4-8-19)13-11-18-15-24-21-10-6-5-9-20(18)21/h5-6,9-10,12,14-15,19,24H,2-4,7-8,11,13,16H2,1H3,(H,25,27). The molecule has 2 aromatic heterocycles. The first-order valence-corrected chi connectivity index (χ1v) is 11.2. The number of carbonyl (C=O) groups excluding carboxylic acids is 1. The van der Waals surface area contributed by atoms with Gasteiger partial charge in [0.15, 0.2) is 0 Å². The molecule has 2 N–H and O–H groups in total. The van der Waals surface area contributed by atoms with Crippen LogP contribution in [0, 0.1) is 6.92 Å². The van der Waals surface area contributed by atoms with Gasteiger partial charge >= 0.3 is 6.03 Å². The molecule has 0 atom stereocenters. The summed E-state index contributed by atoms with van der Waals surface area (Å²) in [5.74, 6) is 0. The number of nitrogens with one attached hydrogen (secondary N) is 2. The molecule has 3 aromatic rings. The molecule has 5 heteroatoms. The van der Waals surface area contributed by atoms with Crippen LogP contribution >= 0.6 is 11.3 Å². The Balaban J connectivity index is 1.47. The Morgan fingerprint density at radius 3 is 2.82 bits per heavy atom. The number of aromatic nitrogens is 1. The summed E-state index contributed by atoms with van der Waals surface area (Å²) < 4.78 is 0. The van der Waals surface area contributed by atoms with E-state index < -0.39 is 0 Å². The Morgan fingerprint density at radius 2 is 2.04 bits per heavy atom. The molecule has 0 aliphatic heterocycles. The third kappa shape index (κ3) is 4.41. The monoisotopic (exact) mass is 395 g/mol. The molecule has 4 nitrogen and oxygen atoms in total. The second kappa shape index (κ2) is 8.82. The number of benzene rings is 1. The van der Waals surface area contributed by atoms with E-state index in [0.717, 1.165) is 31.3 Å². The number of para-hydroxylation sites is 1. The van der Waals surface area contributed by atoms with Gasteiger partial charge in [0.2, 0.25) is 0 Å². The largest absolute Gasteiger partial charge is 0.361 e. The molecule has 4 rings (SSSR count). The molecule has 148 valence electrons. The fraction of sp³-hybridized carbons (Fsp3) is 0.435. The van der Waals surface area contributed by atoms with E-state index in [2.05, 4.69) is 53.1 Å². The average Bonchev–Trinajstić information content (AvgIpc) is 3.32. The van der Waals surface area contributed by atoms with E-state index in [0.29, 0.717) is 12.6 Å². The van der Waals surface area contributed by atoms with E-state index in [-0.39, 0.29) is 6.03 Å². The fourth-order valence-corrected chi connectivity index (χ4v) is 5.02. The van der Waals surface area contributed by atoms with Crippen LogP contribution in [0.4, 0.5) is 4.79 Å². The summed E-state index contributed by atoms with van der Waals surface area (Å²) in [5.41, 5.74) is 3.70. The molecule has 0 spiro atoms. The Morgan fingerprint density at radius 1 is 1.21 bits per heavy atom. The van der Waals surface area contributed by atoms with Gasteiger partial charge in [-0.25, -0.2) is 4.79 Å². The van der Waals surface area contributed by atoms with Crippen molar-refractivity contribution >= 4 is 28.3 Å². The number of carbonyl (C=O) groups is 1. The minimum absolute atomic E-state index is 0.0829. The van der Waals surface area contributed by atoms with Crippen molar-refractivity contribution in [1.29, 1.82) is 0 Å². The number of amides is 2. The number of rotatable bonds is 6. The molecule has 1 fully saturated rings. The van der Waals surface area contributed by atoms with Gasteiger partial charge in [-0.1, -0.05) is 37.5 Å². The van der Waals surface area contributed by atoms with E-state index in [1.807, 2.05) is 11.0 Å². The van der Waals surface area contributed by atoms with Crippen molar-refractivity contribution in [2.24, 2.45) is 0 Å². The van der Waals surface area contributed by atoms with Crippen LogP contribution < -0.4 is 5.32 Å². The molecular formula is C23H29N3OS. The highest BCUT2D eigenvalue weighted by atomic mass is 32.1. The van der Waals surface area contributed by atoms with Gasteiger partial charge in [-0.05, 0) is 54.8 Å². The molecule has 28 heavy (non-hydrogen) atoms. The number of thiophene rings is 1. The van der Waals surface area contributed by atoms with Gasteiger partial charge in [0.05, 0.1) is 6.54 Å². The van der Waals surface area contributed by atoms with Gasteiger partial charge in [0.25, 0.3) is 0 Å². The number of hydrogen-bond acceptors (Lipinski definition) is 2. The van der Waals surface area contributed by atoms with Gasteiger partial charge in [0.1, 0.15) is 0 Å². The molecule has 0 bridgehead atoms. The molecule has 2 heterocycles. The van der Waals surface area contributed by atoms with E-state index in [1.165, 1.54) is 40.7 Å². The van der Waals surface area contributed by atoms with Crippen molar-refractivity contribution in [1.82, 2.24) is 15.2 Å². The minimum Gasteiger partial charge on any atom is -0.361 e. The number of nitrogens with zero attached hydrogens (tertiary/aromatic N) is 1. The Kier molecular flexibility index (Phi) is 6.01. The minimum atomic E-state index is 0.0829.